The van der Waals surface area contributed by atoms with Crippen LogP contribution in [0.15, 0.2) is 140 Å². The van der Waals surface area contributed by atoms with Gasteiger partial charge in [-0.3, -0.25) is 24.0 Å². The van der Waals surface area contributed by atoms with Gasteiger partial charge in [0.2, 0.25) is 23.6 Å². The molecule has 0 unspecified atom stereocenters. The Hall–Kier alpha value is -7.28. The van der Waals surface area contributed by atoms with Crippen LogP contribution in [0.3, 0.4) is 0 Å². The normalized spacial score (nSPS) is 13.9. The van der Waals surface area contributed by atoms with Crippen molar-refractivity contribution in [2.24, 2.45) is 5.92 Å². The number of alkyl carbamates (subject to hydrolysis) is 1. The summed E-state index contributed by atoms with van der Waals surface area (Å²) in [7, 11) is 0. The van der Waals surface area contributed by atoms with Gasteiger partial charge in [-0.25, -0.2) is 4.79 Å². The van der Waals surface area contributed by atoms with Crippen molar-refractivity contribution in [3.8, 4) is 11.1 Å². The van der Waals surface area contributed by atoms with Crippen molar-refractivity contribution in [3.05, 3.63) is 167 Å². The van der Waals surface area contributed by atoms with Crippen LogP contribution in [0.5, 0.6) is 0 Å². The summed E-state index contributed by atoms with van der Waals surface area (Å²) in [6.07, 6.45) is -1.30. The van der Waals surface area contributed by atoms with Gasteiger partial charge in [0.15, 0.2) is 0 Å². The molecule has 6 N–H and O–H groups in total. The molecule has 6 rings (SSSR count). The third kappa shape index (κ3) is 10.6. The van der Waals surface area contributed by atoms with E-state index in [-0.39, 0.29) is 25.4 Å². The van der Waals surface area contributed by atoms with Gasteiger partial charge in [0.05, 0.1) is 0 Å². The maximum Gasteiger partial charge on any atom is 0.407 e. The molecule has 0 heterocycles. The van der Waals surface area contributed by atoms with E-state index in [2.05, 4.69) is 26.6 Å². The molecule has 63 heavy (non-hydrogen) atoms. The van der Waals surface area contributed by atoms with E-state index in [0.717, 1.165) is 38.9 Å². The topological polar surface area (TPSA) is 192 Å². The van der Waals surface area contributed by atoms with Gasteiger partial charge in [-0.15, -0.1) is 0 Å². The van der Waals surface area contributed by atoms with Gasteiger partial charge < -0.3 is 36.4 Å². The molecule has 0 radical (unpaired) electrons. The Morgan fingerprint density at radius 1 is 0.571 bits per heavy atom. The average molecular weight is 852 g/mol. The predicted molar refractivity (Wildman–Crippen MR) is 238 cm³/mol. The summed E-state index contributed by atoms with van der Waals surface area (Å²) >= 11 is 0. The van der Waals surface area contributed by atoms with Gasteiger partial charge in [0.1, 0.15) is 36.3 Å². The largest absolute Gasteiger partial charge is 0.480 e. The number of fused-ring (bicyclic) bond motifs is 3. The fourth-order valence-corrected chi connectivity index (χ4v) is 7.94. The molecule has 0 fully saturated rings. The number of carboxylic acid groups (broad SMARTS) is 1. The first-order valence-electron chi connectivity index (χ1n) is 21.0. The molecule has 5 amide bonds. The lowest BCUT2D eigenvalue weighted by Gasteiger charge is -2.37. The number of carbonyl (C=O) groups is 6. The number of amides is 5. The number of aliphatic carboxylic acids is 1. The van der Waals surface area contributed by atoms with Crippen LogP contribution < -0.4 is 26.6 Å². The zero-order valence-corrected chi connectivity index (χ0v) is 35.7. The van der Waals surface area contributed by atoms with Crippen molar-refractivity contribution in [1.82, 2.24) is 26.6 Å². The van der Waals surface area contributed by atoms with Gasteiger partial charge >= 0.3 is 12.1 Å². The molecule has 5 aromatic carbocycles. The second kappa shape index (κ2) is 20.5. The quantitative estimate of drug-likeness (QED) is 0.0577. The number of hydrogen-bond acceptors (Lipinski definition) is 7. The molecular weight excluding hydrogens is 799 g/mol. The fourth-order valence-electron chi connectivity index (χ4n) is 7.94. The Labute approximate surface area is 367 Å². The number of carboxylic acids is 1. The third-order valence-electron chi connectivity index (χ3n) is 11.3. The van der Waals surface area contributed by atoms with Crippen LogP contribution in [-0.2, 0) is 34.2 Å². The minimum atomic E-state index is -1.37. The van der Waals surface area contributed by atoms with E-state index in [1.807, 2.05) is 140 Å². The first-order chi connectivity index (χ1) is 30.3. The summed E-state index contributed by atoms with van der Waals surface area (Å²) < 4.78 is 5.74. The van der Waals surface area contributed by atoms with Crippen LogP contribution in [-0.4, -0.2) is 71.6 Å². The first-order valence-corrected chi connectivity index (χ1v) is 21.0. The van der Waals surface area contributed by atoms with Crippen LogP contribution in [0.4, 0.5) is 4.79 Å². The molecule has 0 saturated heterocycles. The van der Waals surface area contributed by atoms with E-state index in [1.165, 1.54) is 13.8 Å². The maximum absolute atomic E-state index is 14.3. The highest BCUT2D eigenvalue weighted by molar-refractivity contribution is 5.95. The molecule has 4 atom stereocenters. The Morgan fingerprint density at radius 2 is 1.03 bits per heavy atom. The zero-order chi connectivity index (χ0) is 45.1. The van der Waals surface area contributed by atoms with Crippen LogP contribution in [0.2, 0.25) is 0 Å². The molecule has 5 aromatic rings. The SMILES string of the molecule is CC(C)[C@H](NC(=O)OCC1c2ccccc2-c2ccccc21)C(=O)N[C@@H](CCC(=O)NC(c1ccccc1)(c1ccccc1)c1ccccc1)C(=O)N[C@@H](C)C(=O)N[C@@H](C)C(=O)O. The second-order valence-electron chi connectivity index (χ2n) is 16.0. The van der Waals surface area contributed by atoms with Crippen molar-refractivity contribution in [1.29, 1.82) is 0 Å². The number of hydrogen-bond donors (Lipinski definition) is 6. The van der Waals surface area contributed by atoms with E-state index in [9.17, 15) is 33.9 Å². The monoisotopic (exact) mass is 851 g/mol. The number of benzene rings is 5. The van der Waals surface area contributed by atoms with Crippen molar-refractivity contribution < 1.29 is 38.6 Å². The molecule has 1 aliphatic rings. The highest BCUT2D eigenvalue weighted by Gasteiger charge is 2.39. The minimum Gasteiger partial charge on any atom is -0.480 e. The standard InChI is InChI=1S/C50H53N5O8/c1-31(2)44(54-49(62)63-30-41-39-26-16-14-24-37(39)38-25-15-17-27-40(38)41)47(59)53-42(46(58)51-32(3)45(57)52-33(4)48(60)61)28-29-43(56)55-50(34-18-8-5-9-19-34,35-20-10-6-11-21-35)36-22-12-7-13-23-36/h5-27,31-33,41-42,44H,28-30H2,1-4H3,(H,51,58)(H,52,57)(H,53,59)(H,54,62)(H,55,56)(H,60,61)/t32-,33-,42-,44-/m0/s1. The lowest BCUT2D eigenvalue weighted by atomic mass is 9.77. The number of ether oxygens (including phenoxy) is 1. The van der Waals surface area contributed by atoms with E-state index >= 15 is 0 Å². The van der Waals surface area contributed by atoms with Crippen LogP contribution >= 0.6 is 0 Å². The van der Waals surface area contributed by atoms with Crippen molar-refractivity contribution in [3.63, 3.8) is 0 Å². The Morgan fingerprint density at radius 3 is 1.51 bits per heavy atom. The molecule has 0 saturated carbocycles. The Balaban J connectivity index is 1.21. The van der Waals surface area contributed by atoms with E-state index in [1.54, 1.807) is 13.8 Å². The highest BCUT2D eigenvalue weighted by atomic mass is 16.5. The van der Waals surface area contributed by atoms with Gasteiger partial charge in [-0.05, 0) is 65.1 Å². The maximum atomic E-state index is 14.3. The van der Waals surface area contributed by atoms with Crippen LogP contribution in [0.1, 0.15) is 74.3 Å². The molecular formula is C50H53N5O8. The predicted octanol–water partition coefficient (Wildman–Crippen LogP) is 6.02. The molecule has 13 nitrogen and oxygen atoms in total. The lowest BCUT2D eigenvalue weighted by molar-refractivity contribution is -0.141. The summed E-state index contributed by atoms with van der Waals surface area (Å²) in [4.78, 5) is 80.0. The number of rotatable bonds is 18. The van der Waals surface area contributed by atoms with Gasteiger partial charge in [0, 0.05) is 12.3 Å². The summed E-state index contributed by atoms with van der Waals surface area (Å²) in [5, 5.41) is 22.8. The number of nitrogens with one attached hydrogen (secondary N) is 5. The molecule has 0 bridgehead atoms. The Kier molecular flexibility index (Phi) is 14.7. The zero-order valence-electron chi connectivity index (χ0n) is 35.7. The summed E-state index contributed by atoms with van der Waals surface area (Å²) in [5.41, 5.74) is 5.38. The van der Waals surface area contributed by atoms with Crippen molar-refractivity contribution >= 4 is 35.7 Å². The average Bonchev–Trinajstić information content (AvgIpc) is 3.61. The summed E-state index contributed by atoms with van der Waals surface area (Å²) in [6, 6.07) is 39.3. The molecule has 326 valence electrons. The number of carbonyl (C=O) groups excluding carboxylic acids is 5. The minimum absolute atomic E-state index is 0.0172. The molecule has 13 heteroatoms. The van der Waals surface area contributed by atoms with Crippen molar-refractivity contribution in [2.45, 2.75) is 76.2 Å². The van der Waals surface area contributed by atoms with E-state index in [0.29, 0.717) is 0 Å². The summed E-state index contributed by atoms with van der Waals surface area (Å²) in [6.45, 7) is 6.12. The first kappa shape index (κ1) is 45.3. The van der Waals surface area contributed by atoms with Crippen molar-refractivity contribution in [2.75, 3.05) is 6.61 Å². The van der Waals surface area contributed by atoms with Crippen LogP contribution in [0.25, 0.3) is 11.1 Å². The smallest absolute Gasteiger partial charge is 0.407 e. The van der Waals surface area contributed by atoms with Gasteiger partial charge in [-0.1, -0.05) is 153 Å². The second-order valence-corrected chi connectivity index (χ2v) is 16.0. The van der Waals surface area contributed by atoms with Gasteiger partial charge in [0.25, 0.3) is 0 Å². The van der Waals surface area contributed by atoms with E-state index < -0.39 is 71.3 Å². The molecule has 0 spiro atoms. The fraction of sp³-hybridized carbons (Fsp3) is 0.280. The van der Waals surface area contributed by atoms with E-state index in [4.69, 9.17) is 4.74 Å². The van der Waals surface area contributed by atoms with Gasteiger partial charge in [-0.2, -0.15) is 0 Å². The van der Waals surface area contributed by atoms with Crippen LogP contribution in [0, 0.1) is 5.92 Å². The summed E-state index contributed by atoms with van der Waals surface area (Å²) in [5.74, 6) is -4.68. The molecule has 0 aliphatic heterocycles. The third-order valence-corrected chi connectivity index (χ3v) is 11.3. The molecule has 1 aliphatic carbocycles. The Bertz CT molecular complexity index is 2270. The lowest BCUT2D eigenvalue weighted by Crippen LogP contribution is -2.58. The highest BCUT2D eigenvalue weighted by Crippen LogP contribution is 2.44. The molecule has 0 aromatic heterocycles.